The van der Waals surface area contributed by atoms with Gasteiger partial charge in [0.1, 0.15) is 18.1 Å². The molecule has 0 aliphatic rings. The summed E-state index contributed by atoms with van der Waals surface area (Å²) in [5, 5.41) is 6.26. The summed E-state index contributed by atoms with van der Waals surface area (Å²) < 4.78 is 26.1. The first-order valence-corrected chi connectivity index (χ1v) is 10.2. The highest BCUT2D eigenvalue weighted by molar-refractivity contribution is 6.39. The molecule has 0 radical (unpaired) electrons. The number of nitrogens with zero attached hydrogens (tertiary/aromatic N) is 1. The summed E-state index contributed by atoms with van der Waals surface area (Å²) in [6, 6.07) is 14.7. The summed E-state index contributed by atoms with van der Waals surface area (Å²) in [5.41, 5.74) is 3.09. The number of anilines is 1. The number of amides is 2. The Balaban J connectivity index is 1.56. The van der Waals surface area contributed by atoms with Gasteiger partial charge in [0, 0.05) is 0 Å². The standard InChI is InChI=1S/C24H23N3O8/c1-31-18-7-5-4-6-17(18)26-22(28)23(29)27-25-13-15-8-10-19(21(12-15)32-2)34-14-16-9-11-20(35-16)24(30)33-3/h4-13H,14H2,1-3H3,(H,26,28)(H,27,29)/b25-13+. The Morgan fingerprint density at radius 3 is 2.43 bits per heavy atom. The van der Waals surface area contributed by atoms with Crippen LogP contribution >= 0.6 is 0 Å². The van der Waals surface area contributed by atoms with E-state index in [1.165, 1.54) is 33.6 Å². The molecule has 0 saturated heterocycles. The fraction of sp³-hybridized carbons (Fsp3) is 0.167. The van der Waals surface area contributed by atoms with Crippen LogP contribution in [0.1, 0.15) is 21.9 Å². The molecule has 0 aliphatic carbocycles. The van der Waals surface area contributed by atoms with Crippen LogP contribution in [0.5, 0.6) is 17.2 Å². The number of esters is 1. The average molecular weight is 481 g/mol. The number of ether oxygens (including phenoxy) is 4. The summed E-state index contributed by atoms with van der Waals surface area (Å²) in [4.78, 5) is 35.6. The summed E-state index contributed by atoms with van der Waals surface area (Å²) in [6.45, 7) is 0.0537. The van der Waals surface area contributed by atoms with Crippen LogP contribution < -0.4 is 25.0 Å². The number of hydrogen-bond donors (Lipinski definition) is 2. The van der Waals surface area contributed by atoms with Crippen LogP contribution in [0.2, 0.25) is 0 Å². The van der Waals surface area contributed by atoms with Gasteiger partial charge in [-0.1, -0.05) is 12.1 Å². The van der Waals surface area contributed by atoms with Crippen molar-refractivity contribution in [2.24, 2.45) is 5.10 Å². The second kappa shape index (κ2) is 11.9. The lowest BCUT2D eigenvalue weighted by molar-refractivity contribution is -0.136. The van der Waals surface area contributed by atoms with E-state index in [1.807, 2.05) is 0 Å². The largest absolute Gasteiger partial charge is 0.495 e. The highest BCUT2D eigenvalue weighted by Crippen LogP contribution is 2.28. The molecular formula is C24H23N3O8. The van der Waals surface area contributed by atoms with Crippen LogP contribution in [0.4, 0.5) is 5.69 Å². The van der Waals surface area contributed by atoms with Crippen LogP contribution in [-0.2, 0) is 20.9 Å². The molecule has 1 aromatic heterocycles. The lowest BCUT2D eigenvalue weighted by Gasteiger charge is -2.10. The Hall–Kier alpha value is -4.80. The lowest BCUT2D eigenvalue weighted by Crippen LogP contribution is -2.32. The first-order chi connectivity index (χ1) is 16.9. The van der Waals surface area contributed by atoms with E-state index >= 15 is 0 Å². The Labute approximate surface area is 200 Å². The van der Waals surface area contributed by atoms with Gasteiger partial charge in [-0.3, -0.25) is 9.59 Å². The van der Waals surface area contributed by atoms with E-state index in [-0.39, 0.29) is 12.4 Å². The molecule has 35 heavy (non-hydrogen) atoms. The van der Waals surface area contributed by atoms with Crippen LogP contribution in [0.25, 0.3) is 0 Å². The van der Waals surface area contributed by atoms with Gasteiger partial charge in [0.15, 0.2) is 11.5 Å². The number of hydrogen-bond acceptors (Lipinski definition) is 9. The Morgan fingerprint density at radius 2 is 1.69 bits per heavy atom. The van der Waals surface area contributed by atoms with Gasteiger partial charge in [-0.15, -0.1) is 0 Å². The Morgan fingerprint density at radius 1 is 0.914 bits per heavy atom. The molecule has 0 saturated carbocycles. The van der Waals surface area contributed by atoms with Gasteiger partial charge >= 0.3 is 17.8 Å². The number of rotatable bonds is 9. The van der Waals surface area contributed by atoms with Gasteiger partial charge in [-0.2, -0.15) is 5.10 Å². The molecular weight excluding hydrogens is 458 g/mol. The van der Waals surface area contributed by atoms with Gasteiger partial charge in [-0.05, 0) is 48.0 Å². The van der Waals surface area contributed by atoms with Crippen molar-refractivity contribution in [1.29, 1.82) is 0 Å². The fourth-order valence-electron chi connectivity index (χ4n) is 2.84. The van der Waals surface area contributed by atoms with Crippen LogP contribution in [0.3, 0.4) is 0 Å². The second-order valence-corrected chi connectivity index (χ2v) is 6.81. The quantitative estimate of drug-likeness (QED) is 0.206. The van der Waals surface area contributed by atoms with Gasteiger partial charge in [0.2, 0.25) is 5.76 Å². The van der Waals surface area contributed by atoms with Gasteiger partial charge in [0.05, 0.1) is 33.2 Å². The molecule has 1 heterocycles. The van der Waals surface area contributed by atoms with E-state index in [9.17, 15) is 14.4 Å². The molecule has 0 unspecified atom stereocenters. The zero-order valence-electron chi connectivity index (χ0n) is 19.2. The molecule has 3 aromatic rings. The van der Waals surface area contributed by atoms with Gasteiger partial charge < -0.3 is 28.7 Å². The maximum absolute atomic E-state index is 12.1. The van der Waals surface area contributed by atoms with E-state index in [4.69, 9.17) is 18.6 Å². The van der Waals surface area contributed by atoms with Crippen molar-refractivity contribution in [3.05, 3.63) is 71.7 Å². The van der Waals surface area contributed by atoms with Crippen molar-refractivity contribution in [3.63, 3.8) is 0 Å². The third-order valence-corrected chi connectivity index (χ3v) is 4.55. The van der Waals surface area contributed by atoms with Crippen LogP contribution in [0, 0.1) is 0 Å². The molecule has 0 spiro atoms. The third-order valence-electron chi connectivity index (χ3n) is 4.55. The van der Waals surface area contributed by atoms with Gasteiger partial charge in [0.25, 0.3) is 0 Å². The van der Waals surface area contributed by atoms with Crippen molar-refractivity contribution in [2.45, 2.75) is 6.61 Å². The Bertz CT molecular complexity index is 1240. The monoisotopic (exact) mass is 481 g/mol. The number of carbonyl (C=O) groups is 3. The number of nitrogens with one attached hydrogen (secondary N) is 2. The zero-order chi connectivity index (χ0) is 25.2. The van der Waals surface area contributed by atoms with E-state index in [0.717, 1.165) is 0 Å². The second-order valence-electron chi connectivity index (χ2n) is 6.81. The molecule has 3 rings (SSSR count). The Kier molecular flexibility index (Phi) is 8.43. The summed E-state index contributed by atoms with van der Waals surface area (Å²) in [7, 11) is 4.19. The lowest BCUT2D eigenvalue weighted by atomic mass is 10.2. The molecule has 0 fully saturated rings. The maximum Gasteiger partial charge on any atom is 0.373 e. The summed E-state index contributed by atoms with van der Waals surface area (Å²) in [5.74, 6) is -0.709. The number of hydrazone groups is 1. The highest BCUT2D eigenvalue weighted by Gasteiger charge is 2.15. The molecule has 0 atom stereocenters. The number of para-hydroxylation sites is 2. The zero-order valence-corrected chi connectivity index (χ0v) is 19.2. The molecule has 0 aliphatic heterocycles. The van der Waals surface area contributed by atoms with Crippen LogP contribution in [-0.4, -0.2) is 45.3 Å². The normalized spacial score (nSPS) is 10.5. The molecule has 11 nitrogen and oxygen atoms in total. The third kappa shape index (κ3) is 6.60. The molecule has 2 N–H and O–H groups in total. The summed E-state index contributed by atoms with van der Waals surface area (Å²) >= 11 is 0. The number of benzene rings is 2. The first kappa shape index (κ1) is 24.8. The fourth-order valence-corrected chi connectivity index (χ4v) is 2.84. The number of carbonyl (C=O) groups excluding carboxylic acids is 3. The van der Waals surface area contributed by atoms with E-state index < -0.39 is 17.8 Å². The van der Waals surface area contributed by atoms with E-state index in [1.54, 1.807) is 48.5 Å². The predicted octanol–water partition coefficient (Wildman–Crippen LogP) is 2.75. The minimum Gasteiger partial charge on any atom is -0.495 e. The van der Waals surface area contributed by atoms with Crippen molar-refractivity contribution < 1.29 is 37.7 Å². The van der Waals surface area contributed by atoms with Crippen molar-refractivity contribution in [2.75, 3.05) is 26.6 Å². The van der Waals surface area contributed by atoms with E-state index in [0.29, 0.717) is 34.3 Å². The van der Waals surface area contributed by atoms with Crippen molar-refractivity contribution in [1.82, 2.24) is 5.43 Å². The van der Waals surface area contributed by atoms with Crippen molar-refractivity contribution >= 4 is 29.7 Å². The minimum atomic E-state index is -0.955. The van der Waals surface area contributed by atoms with Crippen molar-refractivity contribution in [3.8, 4) is 17.2 Å². The smallest absolute Gasteiger partial charge is 0.373 e. The molecule has 11 heteroatoms. The minimum absolute atomic E-state index is 0.0537. The molecule has 182 valence electrons. The molecule has 2 amide bonds. The average Bonchev–Trinajstić information content (AvgIpc) is 3.36. The SMILES string of the molecule is COC(=O)c1ccc(COc2ccc(/C=N/NC(=O)C(=O)Nc3ccccc3OC)cc2OC)o1. The summed E-state index contributed by atoms with van der Waals surface area (Å²) in [6.07, 6.45) is 1.34. The maximum atomic E-state index is 12.1. The molecule has 0 bridgehead atoms. The highest BCUT2D eigenvalue weighted by atomic mass is 16.5. The molecule has 2 aromatic carbocycles. The number of furan rings is 1. The topological polar surface area (TPSA) is 138 Å². The van der Waals surface area contributed by atoms with E-state index in [2.05, 4.69) is 20.6 Å². The number of methoxy groups -OCH3 is 3. The van der Waals surface area contributed by atoms with Gasteiger partial charge in [-0.25, -0.2) is 10.2 Å². The first-order valence-electron chi connectivity index (χ1n) is 10.2. The van der Waals surface area contributed by atoms with Crippen LogP contribution in [0.15, 0.2) is 64.1 Å². The predicted molar refractivity (Wildman–Crippen MR) is 125 cm³/mol.